The van der Waals surface area contributed by atoms with Crippen molar-refractivity contribution in [3.8, 4) is 11.1 Å². The van der Waals surface area contributed by atoms with Gasteiger partial charge in [-0.1, -0.05) is 18.7 Å². The summed E-state index contributed by atoms with van der Waals surface area (Å²) in [4.78, 5) is 30.8. The highest BCUT2D eigenvalue weighted by atomic mass is 16.6. The molecule has 2 heterocycles. The van der Waals surface area contributed by atoms with Crippen LogP contribution in [0.4, 0.5) is 16.2 Å². The Morgan fingerprint density at radius 2 is 2.04 bits per heavy atom. The first-order chi connectivity index (χ1) is 13.0. The van der Waals surface area contributed by atoms with E-state index in [-0.39, 0.29) is 12.0 Å². The number of rotatable bonds is 5. The lowest BCUT2D eigenvalue weighted by molar-refractivity contribution is -0.111. The van der Waals surface area contributed by atoms with Gasteiger partial charge in [0.1, 0.15) is 5.65 Å². The molecule has 2 aromatic heterocycles. The van der Waals surface area contributed by atoms with Crippen molar-refractivity contribution in [1.29, 1.82) is 0 Å². The van der Waals surface area contributed by atoms with E-state index in [1.54, 1.807) is 26.1 Å². The fourth-order valence-electron chi connectivity index (χ4n) is 2.63. The SMILES string of the molecule is C=CC(=O)Nc1cccc(-c2c[nH]c3ncc(NC(=O)OC(C)C)cc23)c1. The van der Waals surface area contributed by atoms with Crippen LogP contribution in [-0.2, 0) is 9.53 Å². The molecule has 27 heavy (non-hydrogen) atoms. The molecule has 2 amide bonds. The summed E-state index contributed by atoms with van der Waals surface area (Å²) < 4.78 is 5.09. The first kappa shape index (κ1) is 18.2. The van der Waals surface area contributed by atoms with Gasteiger partial charge in [0.05, 0.1) is 18.0 Å². The van der Waals surface area contributed by atoms with Crippen molar-refractivity contribution in [1.82, 2.24) is 9.97 Å². The van der Waals surface area contributed by atoms with Gasteiger partial charge in [0.2, 0.25) is 5.91 Å². The predicted molar refractivity (Wildman–Crippen MR) is 106 cm³/mol. The molecule has 0 aliphatic rings. The zero-order valence-corrected chi connectivity index (χ0v) is 15.1. The molecule has 0 saturated heterocycles. The third kappa shape index (κ3) is 4.33. The van der Waals surface area contributed by atoms with E-state index >= 15 is 0 Å². The van der Waals surface area contributed by atoms with E-state index in [9.17, 15) is 9.59 Å². The van der Waals surface area contributed by atoms with Crippen molar-refractivity contribution in [2.75, 3.05) is 10.6 Å². The van der Waals surface area contributed by atoms with Gasteiger partial charge >= 0.3 is 6.09 Å². The van der Waals surface area contributed by atoms with Gasteiger partial charge in [-0.2, -0.15) is 0 Å². The molecule has 3 rings (SSSR count). The normalized spacial score (nSPS) is 10.6. The van der Waals surface area contributed by atoms with Crippen molar-refractivity contribution in [3.05, 3.63) is 55.4 Å². The molecule has 3 N–H and O–H groups in total. The molecule has 7 nitrogen and oxygen atoms in total. The largest absolute Gasteiger partial charge is 0.447 e. The molecular weight excluding hydrogens is 344 g/mol. The van der Waals surface area contributed by atoms with Crippen LogP contribution in [0.1, 0.15) is 13.8 Å². The van der Waals surface area contributed by atoms with Crippen molar-refractivity contribution in [3.63, 3.8) is 0 Å². The standard InChI is InChI=1S/C20H20N4O3/c1-4-18(25)23-14-7-5-6-13(8-14)17-11-22-19-16(17)9-15(10-21-19)24-20(26)27-12(2)3/h4-12H,1H2,2-3H3,(H,21,22)(H,23,25)(H,24,26). The number of aromatic amines is 1. The average Bonchev–Trinajstić information content (AvgIpc) is 3.04. The van der Waals surface area contributed by atoms with Crippen LogP contribution in [0.25, 0.3) is 22.2 Å². The molecule has 0 aliphatic heterocycles. The zero-order valence-electron chi connectivity index (χ0n) is 15.1. The van der Waals surface area contributed by atoms with Crippen LogP contribution in [0.15, 0.2) is 55.4 Å². The molecule has 0 unspecified atom stereocenters. The number of H-pyrrole nitrogens is 1. The van der Waals surface area contributed by atoms with E-state index in [1.165, 1.54) is 6.08 Å². The summed E-state index contributed by atoms with van der Waals surface area (Å²) in [5, 5.41) is 6.25. The van der Waals surface area contributed by atoms with Crippen LogP contribution in [0, 0.1) is 0 Å². The first-order valence-electron chi connectivity index (χ1n) is 8.45. The van der Waals surface area contributed by atoms with Crippen LogP contribution in [0.3, 0.4) is 0 Å². The predicted octanol–water partition coefficient (Wildman–Crippen LogP) is 4.31. The highest BCUT2D eigenvalue weighted by molar-refractivity contribution is 6.00. The second-order valence-corrected chi connectivity index (χ2v) is 6.18. The lowest BCUT2D eigenvalue weighted by Gasteiger charge is -2.09. The molecule has 0 bridgehead atoms. The topological polar surface area (TPSA) is 96.1 Å². The number of nitrogens with zero attached hydrogens (tertiary/aromatic N) is 1. The third-order valence-corrected chi connectivity index (χ3v) is 3.75. The highest BCUT2D eigenvalue weighted by Gasteiger charge is 2.11. The monoisotopic (exact) mass is 364 g/mol. The molecular formula is C20H20N4O3. The van der Waals surface area contributed by atoms with Gasteiger partial charge in [-0.25, -0.2) is 9.78 Å². The summed E-state index contributed by atoms with van der Waals surface area (Å²) >= 11 is 0. The number of ether oxygens (including phenoxy) is 1. The number of fused-ring (bicyclic) bond motifs is 1. The summed E-state index contributed by atoms with van der Waals surface area (Å²) in [6.07, 6.45) is 3.87. The first-order valence-corrected chi connectivity index (χ1v) is 8.45. The maximum atomic E-state index is 11.8. The number of hydrogen-bond donors (Lipinski definition) is 3. The van der Waals surface area contributed by atoms with Crippen molar-refractivity contribution < 1.29 is 14.3 Å². The Hall–Kier alpha value is -3.61. The lowest BCUT2D eigenvalue weighted by Crippen LogP contribution is -2.18. The van der Waals surface area contributed by atoms with Gasteiger partial charge in [0, 0.05) is 22.8 Å². The number of amides is 2. The molecule has 1 aromatic carbocycles. The molecule has 138 valence electrons. The molecule has 7 heteroatoms. The smallest absolute Gasteiger partial charge is 0.411 e. The fourth-order valence-corrected chi connectivity index (χ4v) is 2.63. The van der Waals surface area contributed by atoms with Crippen LogP contribution >= 0.6 is 0 Å². The maximum absolute atomic E-state index is 11.8. The number of pyridine rings is 1. The van der Waals surface area contributed by atoms with Crippen LogP contribution < -0.4 is 10.6 Å². The summed E-state index contributed by atoms with van der Waals surface area (Å²) in [7, 11) is 0. The minimum absolute atomic E-state index is 0.210. The maximum Gasteiger partial charge on any atom is 0.411 e. The lowest BCUT2D eigenvalue weighted by atomic mass is 10.0. The third-order valence-electron chi connectivity index (χ3n) is 3.75. The van der Waals surface area contributed by atoms with E-state index < -0.39 is 6.09 Å². The molecule has 0 atom stereocenters. The Kier molecular flexibility index (Phi) is 5.21. The minimum Gasteiger partial charge on any atom is -0.447 e. The molecule has 0 radical (unpaired) electrons. The minimum atomic E-state index is -0.530. The van der Waals surface area contributed by atoms with Crippen LogP contribution in [0.2, 0.25) is 0 Å². The van der Waals surface area contributed by atoms with E-state index in [4.69, 9.17) is 4.74 Å². The molecule has 0 fully saturated rings. The number of aromatic nitrogens is 2. The van der Waals surface area contributed by atoms with Crippen molar-refractivity contribution >= 4 is 34.4 Å². The van der Waals surface area contributed by atoms with Crippen molar-refractivity contribution in [2.24, 2.45) is 0 Å². The van der Waals surface area contributed by atoms with Crippen LogP contribution in [-0.4, -0.2) is 28.1 Å². The number of carbonyl (C=O) groups is 2. The van der Waals surface area contributed by atoms with E-state index in [0.717, 1.165) is 16.5 Å². The van der Waals surface area contributed by atoms with Gasteiger partial charge in [-0.15, -0.1) is 0 Å². The number of carbonyl (C=O) groups excluding carboxylic acids is 2. The van der Waals surface area contributed by atoms with E-state index in [1.807, 2.05) is 30.5 Å². The fraction of sp³-hybridized carbons (Fsp3) is 0.150. The zero-order chi connectivity index (χ0) is 19.4. The van der Waals surface area contributed by atoms with Crippen molar-refractivity contribution in [2.45, 2.75) is 20.0 Å². The summed E-state index contributed by atoms with van der Waals surface area (Å²) in [5.41, 5.74) is 3.67. The van der Waals surface area contributed by atoms with Gasteiger partial charge in [-0.3, -0.25) is 10.1 Å². The van der Waals surface area contributed by atoms with Gasteiger partial charge in [0.15, 0.2) is 0 Å². The Morgan fingerprint density at radius 1 is 1.22 bits per heavy atom. The number of hydrogen-bond acceptors (Lipinski definition) is 4. The number of benzene rings is 1. The highest BCUT2D eigenvalue weighted by Crippen LogP contribution is 2.30. The Morgan fingerprint density at radius 3 is 2.78 bits per heavy atom. The molecule has 0 saturated carbocycles. The molecule has 3 aromatic rings. The van der Waals surface area contributed by atoms with Gasteiger partial charge in [-0.05, 0) is 43.7 Å². The summed E-state index contributed by atoms with van der Waals surface area (Å²) in [6, 6.07) is 9.26. The van der Waals surface area contributed by atoms with E-state index in [0.29, 0.717) is 17.0 Å². The van der Waals surface area contributed by atoms with E-state index in [2.05, 4.69) is 27.2 Å². The second-order valence-electron chi connectivity index (χ2n) is 6.18. The van der Waals surface area contributed by atoms with Gasteiger partial charge in [0.25, 0.3) is 0 Å². The molecule has 0 spiro atoms. The Balaban J connectivity index is 1.92. The summed E-state index contributed by atoms with van der Waals surface area (Å²) in [6.45, 7) is 7.01. The molecule has 0 aliphatic carbocycles. The number of nitrogens with one attached hydrogen (secondary N) is 3. The quantitative estimate of drug-likeness (QED) is 0.588. The van der Waals surface area contributed by atoms with Crippen LogP contribution in [0.5, 0.6) is 0 Å². The van der Waals surface area contributed by atoms with Gasteiger partial charge < -0.3 is 15.0 Å². The average molecular weight is 364 g/mol. The number of anilines is 2. The second kappa shape index (κ2) is 7.74. The Bertz CT molecular complexity index is 1010. The summed E-state index contributed by atoms with van der Waals surface area (Å²) in [5.74, 6) is -0.275. The Labute approximate surface area is 156 Å².